The third-order valence-corrected chi connectivity index (χ3v) is 4.26. The summed E-state index contributed by atoms with van der Waals surface area (Å²) in [6.07, 6.45) is 6.83. The summed E-state index contributed by atoms with van der Waals surface area (Å²) in [7, 11) is 0. The van der Waals surface area contributed by atoms with Gasteiger partial charge in [-0.1, -0.05) is 13.8 Å². The number of hydrogen-bond donors (Lipinski definition) is 1. The normalized spacial score (nSPS) is 34.7. The largest absolute Gasteiger partial charge is 0.311 e. The highest BCUT2D eigenvalue weighted by Crippen LogP contribution is 2.33. The molecule has 0 spiro atoms. The molecule has 2 atom stereocenters. The SMILES string of the molecule is CCC(CC)C(=O)C1CC2CCC(C1)N2. The number of hydrogen-bond acceptors (Lipinski definition) is 2. The van der Waals surface area contributed by atoms with Gasteiger partial charge in [0.05, 0.1) is 0 Å². The zero-order chi connectivity index (χ0) is 10.8. The van der Waals surface area contributed by atoms with Gasteiger partial charge in [-0.05, 0) is 38.5 Å². The fraction of sp³-hybridized carbons (Fsp3) is 0.923. The maximum Gasteiger partial charge on any atom is 0.139 e. The first-order valence-corrected chi connectivity index (χ1v) is 6.54. The first kappa shape index (κ1) is 11.1. The van der Waals surface area contributed by atoms with E-state index < -0.39 is 0 Å². The van der Waals surface area contributed by atoms with Crippen LogP contribution in [0.1, 0.15) is 52.4 Å². The van der Waals surface area contributed by atoms with Crippen molar-refractivity contribution in [3.8, 4) is 0 Å². The number of rotatable bonds is 4. The van der Waals surface area contributed by atoms with Crippen molar-refractivity contribution < 1.29 is 4.79 Å². The predicted molar refractivity (Wildman–Crippen MR) is 61.7 cm³/mol. The smallest absolute Gasteiger partial charge is 0.139 e. The summed E-state index contributed by atoms with van der Waals surface area (Å²) in [6, 6.07) is 1.29. The van der Waals surface area contributed by atoms with E-state index in [1.165, 1.54) is 12.8 Å². The van der Waals surface area contributed by atoms with E-state index in [9.17, 15) is 4.79 Å². The molecule has 2 unspecified atom stereocenters. The summed E-state index contributed by atoms with van der Waals surface area (Å²) >= 11 is 0. The number of carbonyl (C=O) groups excluding carboxylic acids is 1. The van der Waals surface area contributed by atoms with Crippen LogP contribution in [0.25, 0.3) is 0 Å². The Hall–Kier alpha value is -0.370. The van der Waals surface area contributed by atoms with Crippen molar-refractivity contribution in [1.82, 2.24) is 5.32 Å². The Morgan fingerprint density at radius 3 is 2.20 bits per heavy atom. The number of carbonyl (C=O) groups is 1. The van der Waals surface area contributed by atoms with Crippen molar-refractivity contribution >= 4 is 5.78 Å². The van der Waals surface area contributed by atoms with Crippen LogP contribution in [0.4, 0.5) is 0 Å². The Kier molecular flexibility index (Phi) is 3.45. The molecule has 0 aromatic heterocycles. The summed E-state index contributed by atoms with van der Waals surface area (Å²) < 4.78 is 0. The van der Waals surface area contributed by atoms with Crippen LogP contribution in [0.2, 0.25) is 0 Å². The molecular formula is C13H23NO. The molecule has 2 saturated heterocycles. The average Bonchev–Trinajstić information content (AvgIpc) is 2.59. The maximum absolute atomic E-state index is 12.3. The van der Waals surface area contributed by atoms with E-state index in [0.29, 0.717) is 29.7 Å². The molecule has 1 N–H and O–H groups in total. The van der Waals surface area contributed by atoms with Crippen LogP contribution in [0.5, 0.6) is 0 Å². The van der Waals surface area contributed by atoms with Crippen LogP contribution in [-0.2, 0) is 4.79 Å². The van der Waals surface area contributed by atoms with E-state index in [2.05, 4.69) is 19.2 Å². The van der Waals surface area contributed by atoms with E-state index in [1.807, 2.05) is 0 Å². The third kappa shape index (κ3) is 2.25. The molecule has 2 nitrogen and oxygen atoms in total. The molecule has 2 aliphatic rings. The van der Waals surface area contributed by atoms with Crippen molar-refractivity contribution in [3.05, 3.63) is 0 Å². The van der Waals surface area contributed by atoms with E-state index in [1.54, 1.807) is 0 Å². The van der Waals surface area contributed by atoms with Gasteiger partial charge in [0, 0.05) is 23.9 Å². The van der Waals surface area contributed by atoms with Crippen LogP contribution < -0.4 is 5.32 Å². The molecule has 0 aliphatic carbocycles. The average molecular weight is 209 g/mol. The Bertz CT molecular complexity index is 223. The number of nitrogens with one attached hydrogen (secondary N) is 1. The lowest BCUT2D eigenvalue weighted by Gasteiger charge is -2.30. The van der Waals surface area contributed by atoms with Gasteiger partial charge >= 0.3 is 0 Å². The van der Waals surface area contributed by atoms with Crippen LogP contribution in [-0.4, -0.2) is 17.9 Å². The van der Waals surface area contributed by atoms with Crippen molar-refractivity contribution in [1.29, 1.82) is 0 Å². The minimum atomic E-state index is 0.326. The van der Waals surface area contributed by atoms with E-state index in [-0.39, 0.29) is 0 Å². The summed E-state index contributed by atoms with van der Waals surface area (Å²) in [5.41, 5.74) is 0. The van der Waals surface area contributed by atoms with Crippen molar-refractivity contribution in [2.75, 3.05) is 0 Å². The lowest BCUT2D eigenvalue weighted by molar-refractivity contribution is -0.128. The fourth-order valence-corrected chi connectivity index (χ4v) is 3.31. The second-order valence-corrected chi connectivity index (χ2v) is 5.22. The van der Waals surface area contributed by atoms with E-state index in [4.69, 9.17) is 0 Å². The first-order chi connectivity index (χ1) is 7.24. The second kappa shape index (κ2) is 4.65. The molecule has 2 heteroatoms. The van der Waals surface area contributed by atoms with Crippen molar-refractivity contribution in [3.63, 3.8) is 0 Å². The quantitative estimate of drug-likeness (QED) is 0.771. The van der Waals surface area contributed by atoms with Gasteiger partial charge in [0.15, 0.2) is 0 Å². The third-order valence-electron chi connectivity index (χ3n) is 4.26. The van der Waals surface area contributed by atoms with Gasteiger partial charge in [-0.25, -0.2) is 0 Å². The highest BCUT2D eigenvalue weighted by atomic mass is 16.1. The second-order valence-electron chi connectivity index (χ2n) is 5.22. The monoisotopic (exact) mass is 209 g/mol. The van der Waals surface area contributed by atoms with E-state index in [0.717, 1.165) is 25.7 Å². The minimum absolute atomic E-state index is 0.326. The number of piperidine rings is 1. The predicted octanol–water partition coefficient (Wildman–Crippen LogP) is 2.52. The Balaban J connectivity index is 1.96. The molecule has 2 heterocycles. The molecule has 86 valence electrons. The molecule has 15 heavy (non-hydrogen) atoms. The van der Waals surface area contributed by atoms with Gasteiger partial charge in [-0.15, -0.1) is 0 Å². The molecule has 0 saturated carbocycles. The molecule has 2 bridgehead atoms. The molecule has 0 aromatic carbocycles. The van der Waals surface area contributed by atoms with Crippen molar-refractivity contribution in [2.45, 2.75) is 64.5 Å². The lowest BCUT2D eigenvalue weighted by Crippen LogP contribution is -2.41. The molecule has 2 rings (SSSR count). The van der Waals surface area contributed by atoms with Gasteiger partial charge in [-0.2, -0.15) is 0 Å². The lowest BCUT2D eigenvalue weighted by atomic mass is 9.81. The van der Waals surface area contributed by atoms with Crippen molar-refractivity contribution in [2.24, 2.45) is 11.8 Å². The molecule has 2 fully saturated rings. The van der Waals surface area contributed by atoms with Gasteiger partial charge in [0.1, 0.15) is 5.78 Å². The molecule has 0 radical (unpaired) electrons. The minimum Gasteiger partial charge on any atom is -0.311 e. The summed E-state index contributed by atoms with van der Waals surface area (Å²) in [4.78, 5) is 12.3. The summed E-state index contributed by atoms with van der Waals surface area (Å²) in [6.45, 7) is 4.28. The van der Waals surface area contributed by atoms with Crippen LogP contribution in [0.3, 0.4) is 0 Å². The van der Waals surface area contributed by atoms with Gasteiger partial charge in [0.2, 0.25) is 0 Å². The Morgan fingerprint density at radius 1 is 1.20 bits per heavy atom. The summed E-state index contributed by atoms with van der Waals surface area (Å²) in [5, 5.41) is 3.60. The number of ketones is 1. The zero-order valence-corrected chi connectivity index (χ0v) is 9.96. The standard InChI is InChI=1S/C13H23NO/c1-3-9(4-2)13(15)10-7-11-5-6-12(8-10)14-11/h9-12,14H,3-8H2,1-2H3. The van der Waals surface area contributed by atoms with Gasteiger partial charge in [0.25, 0.3) is 0 Å². The fourth-order valence-electron chi connectivity index (χ4n) is 3.31. The van der Waals surface area contributed by atoms with Gasteiger partial charge in [-0.3, -0.25) is 4.79 Å². The molecule has 0 aromatic rings. The zero-order valence-electron chi connectivity index (χ0n) is 9.96. The number of fused-ring (bicyclic) bond motifs is 2. The molecular weight excluding hydrogens is 186 g/mol. The Morgan fingerprint density at radius 2 is 1.73 bits per heavy atom. The van der Waals surface area contributed by atoms with Crippen LogP contribution >= 0.6 is 0 Å². The molecule has 2 aliphatic heterocycles. The topological polar surface area (TPSA) is 29.1 Å². The van der Waals surface area contributed by atoms with Crippen LogP contribution in [0.15, 0.2) is 0 Å². The van der Waals surface area contributed by atoms with Gasteiger partial charge < -0.3 is 5.32 Å². The Labute approximate surface area is 92.8 Å². The van der Waals surface area contributed by atoms with Crippen LogP contribution in [0, 0.1) is 11.8 Å². The summed E-state index contributed by atoms with van der Waals surface area (Å²) in [5.74, 6) is 1.25. The highest BCUT2D eigenvalue weighted by Gasteiger charge is 2.37. The number of Topliss-reactive ketones (excluding diaryl/α,β-unsaturated/α-hetero) is 1. The van der Waals surface area contributed by atoms with E-state index >= 15 is 0 Å². The molecule has 0 amide bonds. The maximum atomic E-state index is 12.3. The first-order valence-electron chi connectivity index (χ1n) is 6.54. The highest BCUT2D eigenvalue weighted by molar-refractivity contribution is 5.83.